The Morgan fingerprint density at radius 1 is 0.719 bits per heavy atom. The summed E-state index contributed by atoms with van der Waals surface area (Å²) in [5.41, 5.74) is 5.35. The normalized spacial score (nSPS) is 13.5. The second-order valence-electron chi connectivity index (χ2n) is 9.63. The molecule has 0 aliphatic carbocycles. The molecule has 1 unspecified atom stereocenters. The fourth-order valence-corrected chi connectivity index (χ4v) is 5.41. The molecule has 0 spiro atoms. The molecule has 0 N–H and O–H groups in total. The summed E-state index contributed by atoms with van der Waals surface area (Å²) in [6, 6.07) is 17.9. The monoisotopic (exact) mass is 446 g/mol. The van der Waals surface area contributed by atoms with E-state index in [0.717, 1.165) is 22.3 Å². The third-order valence-electron chi connectivity index (χ3n) is 6.18. The highest BCUT2D eigenvalue weighted by molar-refractivity contribution is 7.86. The van der Waals surface area contributed by atoms with Gasteiger partial charge in [0.25, 0.3) is 0 Å². The van der Waals surface area contributed by atoms with Gasteiger partial charge < -0.3 is 4.57 Å². The maximum Gasteiger partial charge on any atom is 0.225 e. The quantitative estimate of drug-likeness (QED) is 0.328. The Balaban J connectivity index is 1.89. The molecule has 0 aromatic heterocycles. The van der Waals surface area contributed by atoms with Crippen LogP contribution in [0.4, 0.5) is 0 Å². The summed E-state index contributed by atoms with van der Waals surface area (Å²) in [6.07, 6.45) is 0. The topological polar surface area (TPSA) is 51.2 Å². The molecule has 3 rings (SSSR count). The van der Waals surface area contributed by atoms with Gasteiger partial charge in [0.15, 0.2) is 12.9 Å². The number of rotatable bonds is 5. The molecule has 3 aromatic rings. The van der Waals surface area contributed by atoms with Crippen LogP contribution in [0.1, 0.15) is 69.3 Å². The standard InChI is InChI=1S/C28H31O3P/c1-18-8-9-19(2)25(20(18)3)26(29)21-12-16-24(17-13-21)32(7,31)27(30)22-10-14-23(15-11-22)28(4,5)6/h8-17H,1-7H3. The molecule has 0 radical (unpaired) electrons. The second-order valence-corrected chi connectivity index (χ2v) is 12.4. The zero-order valence-electron chi connectivity index (χ0n) is 19.9. The molecule has 0 heterocycles. The van der Waals surface area contributed by atoms with Gasteiger partial charge in [-0.2, -0.15) is 0 Å². The minimum Gasteiger partial charge on any atom is -0.310 e. The van der Waals surface area contributed by atoms with Crippen molar-refractivity contribution in [3.63, 3.8) is 0 Å². The van der Waals surface area contributed by atoms with Crippen LogP contribution in [-0.2, 0) is 9.98 Å². The number of hydrogen-bond donors (Lipinski definition) is 0. The van der Waals surface area contributed by atoms with Crippen molar-refractivity contribution in [2.45, 2.75) is 47.0 Å². The van der Waals surface area contributed by atoms with E-state index in [4.69, 9.17) is 0 Å². The average molecular weight is 447 g/mol. The molecular weight excluding hydrogens is 415 g/mol. The van der Waals surface area contributed by atoms with Crippen LogP contribution in [0.2, 0.25) is 0 Å². The van der Waals surface area contributed by atoms with Gasteiger partial charge in [0.1, 0.15) is 0 Å². The SMILES string of the molecule is Cc1ccc(C)c(C(=O)c2ccc(P(C)(=O)C(=O)c3ccc(C(C)(C)C)cc3)cc2)c1C. The van der Waals surface area contributed by atoms with E-state index >= 15 is 0 Å². The van der Waals surface area contributed by atoms with Crippen molar-refractivity contribution >= 4 is 23.8 Å². The van der Waals surface area contributed by atoms with Crippen molar-refractivity contribution in [1.29, 1.82) is 0 Å². The lowest BCUT2D eigenvalue weighted by Gasteiger charge is -2.19. The third kappa shape index (κ3) is 4.54. The highest BCUT2D eigenvalue weighted by atomic mass is 31.2. The van der Waals surface area contributed by atoms with Crippen LogP contribution in [0.25, 0.3) is 0 Å². The van der Waals surface area contributed by atoms with E-state index < -0.39 is 7.14 Å². The molecular formula is C28H31O3P. The Morgan fingerprint density at radius 3 is 1.75 bits per heavy atom. The van der Waals surface area contributed by atoms with E-state index in [1.807, 2.05) is 45.0 Å². The van der Waals surface area contributed by atoms with Crippen LogP contribution >= 0.6 is 7.14 Å². The van der Waals surface area contributed by atoms with Crippen LogP contribution in [0, 0.1) is 20.8 Å². The van der Waals surface area contributed by atoms with Crippen molar-refractivity contribution in [2.24, 2.45) is 0 Å². The minimum atomic E-state index is -3.31. The lowest BCUT2D eigenvalue weighted by molar-refractivity contribution is 0.103. The van der Waals surface area contributed by atoms with Gasteiger partial charge >= 0.3 is 0 Å². The summed E-state index contributed by atoms with van der Waals surface area (Å²) in [5, 5.41) is 0.455. The first kappa shape index (κ1) is 23.9. The lowest BCUT2D eigenvalue weighted by Crippen LogP contribution is -2.15. The Bertz CT molecular complexity index is 1230. The summed E-state index contributed by atoms with van der Waals surface area (Å²) in [5.74, 6) is -0.0646. The van der Waals surface area contributed by atoms with E-state index in [1.165, 1.54) is 6.66 Å². The smallest absolute Gasteiger partial charge is 0.225 e. The first-order chi connectivity index (χ1) is 14.8. The first-order valence-corrected chi connectivity index (χ1v) is 12.9. The summed E-state index contributed by atoms with van der Waals surface area (Å²) < 4.78 is 13.5. The van der Waals surface area contributed by atoms with Gasteiger partial charge in [0.2, 0.25) is 5.52 Å². The van der Waals surface area contributed by atoms with E-state index in [9.17, 15) is 14.2 Å². The van der Waals surface area contributed by atoms with Crippen molar-refractivity contribution in [3.05, 3.63) is 99.6 Å². The fraction of sp³-hybridized carbons (Fsp3) is 0.286. The number of carbonyl (C=O) groups is 2. The molecule has 1 atom stereocenters. The van der Waals surface area contributed by atoms with Crippen LogP contribution in [0.15, 0.2) is 60.7 Å². The summed E-state index contributed by atoms with van der Waals surface area (Å²) in [7, 11) is -3.31. The molecule has 0 bridgehead atoms. The fourth-order valence-electron chi connectivity index (χ4n) is 3.82. The maximum absolute atomic E-state index is 13.5. The molecule has 166 valence electrons. The Labute approximate surface area is 191 Å². The maximum atomic E-state index is 13.5. The predicted molar refractivity (Wildman–Crippen MR) is 133 cm³/mol. The zero-order valence-corrected chi connectivity index (χ0v) is 20.8. The van der Waals surface area contributed by atoms with E-state index in [-0.39, 0.29) is 16.7 Å². The zero-order chi connectivity index (χ0) is 23.8. The largest absolute Gasteiger partial charge is 0.310 e. The molecule has 0 amide bonds. The van der Waals surface area contributed by atoms with E-state index in [2.05, 4.69) is 20.8 Å². The summed E-state index contributed by atoms with van der Waals surface area (Å²) >= 11 is 0. The Hall–Kier alpha value is -2.77. The van der Waals surface area contributed by atoms with Gasteiger partial charge in [-0.1, -0.05) is 81.4 Å². The van der Waals surface area contributed by atoms with Crippen LogP contribution in [-0.4, -0.2) is 18.0 Å². The predicted octanol–water partition coefficient (Wildman–Crippen LogP) is 6.60. The molecule has 3 aromatic carbocycles. The summed E-state index contributed by atoms with van der Waals surface area (Å²) in [4.78, 5) is 26.2. The minimum absolute atomic E-state index is 0.0200. The van der Waals surface area contributed by atoms with Gasteiger partial charge in [-0.05, 0) is 48.4 Å². The molecule has 0 saturated heterocycles. The molecule has 4 heteroatoms. The molecule has 32 heavy (non-hydrogen) atoms. The van der Waals surface area contributed by atoms with E-state index in [1.54, 1.807) is 36.4 Å². The Kier molecular flexibility index (Phi) is 6.45. The number of carbonyl (C=O) groups excluding carboxylic acids is 2. The van der Waals surface area contributed by atoms with Crippen LogP contribution in [0.3, 0.4) is 0 Å². The Morgan fingerprint density at radius 2 is 1.22 bits per heavy atom. The van der Waals surface area contributed by atoms with Crippen molar-refractivity contribution in [3.8, 4) is 0 Å². The van der Waals surface area contributed by atoms with Gasteiger partial charge in [-0.3, -0.25) is 9.59 Å². The molecule has 0 aliphatic heterocycles. The second kappa shape index (κ2) is 8.64. The highest BCUT2D eigenvalue weighted by Crippen LogP contribution is 2.44. The van der Waals surface area contributed by atoms with Gasteiger partial charge in [0.05, 0.1) is 0 Å². The van der Waals surface area contributed by atoms with Gasteiger partial charge in [0, 0.05) is 28.7 Å². The average Bonchev–Trinajstić information content (AvgIpc) is 2.75. The molecule has 0 aliphatic rings. The van der Waals surface area contributed by atoms with E-state index in [0.29, 0.717) is 22.0 Å². The molecule has 0 fully saturated rings. The van der Waals surface area contributed by atoms with Crippen molar-refractivity contribution < 1.29 is 14.2 Å². The summed E-state index contributed by atoms with van der Waals surface area (Å²) in [6.45, 7) is 13.7. The molecule has 3 nitrogen and oxygen atoms in total. The van der Waals surface area contributed by atoms with Crippen LogP contribution in [0.5, 0.6) is 0 Å². The van der Waals surface area contributed by atoms with Gasteiger partial charge in [-0.25, -0.2) is 0 Å². The number of aryl methyl sites for hydroxylation is 2. The van der Waals surface area contributed by atoms with Crippen LogP contribution < -0.4 is 5.30 Å². The lowest BCUT2D eigenvalue weighted by atomic mass is 9.87. The first-order valence-electron chi connectivity index (χ1n) is 10.8. The number of benzene rings is 3. The highest BCUT2D eigenvalue weighted by Gasteiger charge is 2.30. The van der Waals surface area contributed by atoms with Crippen molar-refractivity contribution in [1.82, 2.24) is 0 Å². The van der Waals surface area contributed by atoms with Crippen molar-refractivity contribution in [2.75, 3.05) is 6.66 Å². The number of hydrogen-bond acceptors (Lipinski definition) is 3. The van der Waals surface area contributed by atoms with Gasteiger partial charge in [-0.15, -0.1) is 0 Å². The third-order valence-corrected chi connectivity index (χ3v) is 8.50. The molecule has 0 saturated carbocycles. The number of ketones is 1.